The maximum absolute atomic E-state index is 11.1. The van der Waals surface area contributed by atoms with Gasteiger partial charge in [-0.3, -0.25) is 4.79 Å². The highest BCUT2D eigenvalue weighted by atomic mass is 16.4. The van der Waals surface area contributed by atoms with Gasteiger partial charge in [-0.2, -0.15) is 0 Å². The summed E-state index contributed by atoms with van der Waals surface area (Å²) in [6, 6.07) is 27.3. The largest absolute Gasteiger partial charge is 0.481 e. The molecule has 0 radical (unpaired) electrons. The first-order valence-electron chi connectivity index (χ1n) is 8.90. The second-order valence-corrected chi connectivity index (χ2v) is 6.65. The van der Waals surface area contributed by atoms with E-state index in [0.717, 1.165) is 12.0 Å². The Kier molecular flexibility index (Phi) is 4.40. The maximum Gasteiger partial charge on any atom is 0.303 e. The van der Waals surface area contributed by atoms with Crippen LogP contribution in [0, 0.1) is 0 Å². The molecule has 0 aliphatic rings. The van der Waals surface area contributed by atoms with Crippen molar-refractivity contribution in [2.45, 2.75) is 19.3 Å². The van der Waals surface area contributed by atoms with Gasteiger partial charge in [0.25, 0.3) is 0 Å². The van der Waals surface area contributed by atoms with Crippen LogP contribution in [0.15, 0.2) is 78.9 Å². The molecule has 0 aliphatic carbocycles. The highest BCUT2D eigenvalue weighted by molar-refractivity contribution is 6.04. The van der Waals surface area contributed by atoms with Gasteiger partial charge < -0.3 is 5.11 Å². The van der Waals surface area contributed by atoms with Gasteiger partial charge >= 0.3 is 5.97 Å². The van der Waals surface area contributed by atoms with Crippen molar-refractivity contribution < 1.29 is 9.90 Å². The van der Waals surface area contributed by atoms with Crippen LogP contribution in [0.1, 0.15) is 23.1 Å². The smallest absolute Gasteiger partial charge is 0.303 e. The molecule has 0 heterocycles. The lowest BCUT2D eigenvalue weighted by atomic mass is 9.89. The molecule has 0 atom stereocenters. The number of carboxylic acid groups (broad SMARTS) is 1. The molecule has 0 saturated heterocycles. The van der Waals surface area contributed by atoms with E-state index in [-0.39, 0.29) is 6.42 Å². The number of aliphatic carboxylic acids is 1. The van der Waals surface area contributed by atoms with E-state index in [1.807, 2.05) is 12.1 Å². The van der Waals surface area contributed by atoms with Crippen molar-refractivity contribution in [1.82, 2.24) is 0 Å². The lowest BCUT2D eigenvalue weighted by molar-refractivity contribution is -0.136. The molecule has 2 heteroatoms. The predicted octanol–water partition coefficient (Wildman–Crippen LogP) is 5.60. The molecule has 4 rings (SSSR count). The normalized spacial score (nSPS) is 11.1. The standard InChI is InChI=1S/C24H20O2/c25-23(26)14-13-18-10-6-11-20-16-19-9-4-5-12-21(19)22(24(18)20)15-17-7-2-1-3-8-17/h1-12,16H,13-15H2,(H,25,26). The number of rotatable bonds is 5. The van der Waals surface area contributed by atoms with Crippen molar-refractivity contribution >= 4 is 27.5 Å². The van der Waals surface area contributed by atoms with Gasteiger partial charge in [-0.25, -0.2) is 0 Å². The minimum absolute atomic E-state index is 0.150. The molecule has 0 aromatic heterocycles. The van der Waals surface area contributed by atoms with E-state index in [1.54, 1.807) is 0 Å². The lowest BCUT2D eigenvalue weighted by Gasteiger charge is -2.15. The summed E-state index contributed by atoms with van der Waals surface area (Å²) in [5.74, 6) is -0.757. The molecule has 0 fully saturated rings. The van der Waals surface area contributed by atoms with Gasteiger partial charge in [0.1, 0.15) is 0 Å². The van der Waals surface area contributed by atoms with E-state index in [0.29, 0.717) is 6.42 Å². The summed E-state index contributed by atoms with van der Waals surface area (Å²) in [5.41, 5.74) is 3.66. The third-order valence-corrected chi connectivity index (χ3v) is 4.91. The molecule has 4 aromatic carbocycles. The summed E-state index contributed by atoms with van der Waals surface area (Å²) in [5, 5.41) is 14.0. The fourth-order valence-corrected chi connectivity index (χ4v) is 3.74. The summed E-state index contributed by atoms with van der Waals surface area (Å²) in [7, 11) is 0. The first kappa shape index (κ1) is 16.3. The molecule has 0 amide bonds. The van der Waals surface area contributed by atoms with Crippen LogP contribution in [0.5, 0.6) is 0 Å². The molecular weight excluding hydrogens is 320 g/mol. The van der Waals surface area contributed by atoms with Gasteiger partial charge in [-0.05, 0) is 57.1 Å². The number of carboxylic acids is 1. The average molecular weight is 340 g/mol. The van der Waals surface area contributed by atoms with Crippen LogP contribution in [0.2, 0.25) is 0 Å². The third kappa shape index (κ3) is 3.18. The Labute approximate surface area is 152 Å². The molecule has 0 bridgehead atoms. The highest BCUT2D eigenvalue weighted by Crippen LogP contribution is 2.33. The number of fused-ring (bicyclic) bond motifs is 2. The van der Waals surface area contributed by atoms with Crippen LogP contribution in [0.3, 0.4) is 0 Å². The molecule has 26 heavy (non-hydrogen) atoms. The van der Waals surface area contributed by atoms with Crippen LogP contribution in [0.4, 0.5) is 0 Å². The van der Waals surface area contributed by atoms with Gasteiger partial charge in [-0.15, -0.1) is 0 Å². The topological polar surface area (TPSA) is 37.3 Å². The zero-order valence-corrected chi connectivity index (χ0v) is 14.5. The monoisotopic (exact) mass is 340 g/mol. The second kappa shape index (κ2) is 7.01. The number of hydrogen-bond acceptors (Lipinski definition) is 1. The SMILES string of the molecule is O=C(O)CCc1cccc2cc3ccccc3c(Cc3ccccc3)c12. The molecule has 0 aliphatic heterocycles. The first-order chi connectivity index (χ1) is 12.7. The van der Waals surface area contributed by atoms with Gasteiger partial charge in [0.15, 0.2) is 0 Å². The number of hydrogen-bond donors (Lipinski definition) is 1. The molecule has 0 saturated carbocycles. The van der Waals surface area contributed by atoms with Crippen LogP contribution < -0.4 is 0 Å². The minimum atomic E-state index is -0.757. The Bertz CT molecular complexity index is 1080. The van der Waals surface area contributed by atoms with E-state index in [2.05, 4.69) is 66.7 Å². The van der Waals surface area contributed by atoms with E-state index in [9.17, 15) is 4.79 Å². The third-order valence-electron chi connectivity index (χ3n) is 4.91. The van der Waals surface area contributed by atoms with Crippen molar-refractivity contribution in [3.8, 4) is 0 Å². The summed E-state index contributed by atoms with van der Waals surface area (Å²) >= 11 is 0. The van der Waals surface area contributed by atoms with E-state index in [4.69, 9.17) is 5.11 Å². The lowest BCUT2D eigenvalue weighted by Crippen LogP contribution is -2.00. The first-order valence-corrected chi connectivity index (χ1v) is 8.90. The van der Waals surface area contributed by atoms with E-state index >= 15 is 0 Å². The summed E-state index contributed by atoms with van der Waals surface area (Å²) in [6.45, 7) is 0. The van der Waals surface area contributed by atoms with Gasteiger partial charge in [-0.1, -0.05) is 72.8 Å². The number of carbonyl (C=O) groups is 1. The second-order valence-electron chi connectivity index (χ2n) is 6.65. The van der Waals surface area contributed by atoms with Gasteiger partial charge in [0, 0.05) is 6.42 Å². The molecule has 0 unspecified atom stereocenters. The Morgan fingerprint density at radius 2 is 1.54 bits per heavy atom. The van der Waals surface area contributed by atoms with Crippen molar-refractivity contribution in [3.63, 3.8) is 0 Å². The van der Waals surface area contributed by atoms with Crippen LogP contribution in [0.25, 0.3) is 21.5 Å². The number of aryl methyl sites for hydroxylation is 1. The van der Waals surface area contributed by atoms with Crippen LogP contribution in [-0.2, 0) is 17.6 Å². The molecule has 2 nitrogen and oxygen atoms in total. The summed E-state index contributed by atoms with van der Waals surface area (Å²) < 4.78 is 0. The van der Waals surface area contributed by atoms with E-state index < -0.39 is 5.97 Å². The summed E-state index contributed by atoms with van der Waals surface area (Å²) in [6.07, 6.45) is 1.53. The molecule has 4 aromatic rings. The fourth-order valence-electron chi connectivity index (χ4n) is 3.74. The zero-order valence-electron chi connectivity index (χ0n) is 14.5. The quantitative estimate of drug-likeness (QED) is 0.480. The van der Waals surface area contributed by atoms with Crippen molar-refractivity contribution in [2.24, 2.45) is 0 Å². The van der Waals surface area contributed by atoms with Crippen LogP contribution in [-0.4, -0.2) is 11.1 Å². The van der Waals surface area contributed by atoms with Gasteiger partial charge in [0.05, 0.1) is 0 Å². The van der Waals surface area contributed by atoms with Crippen LogP contribution >= 0.6 is 0 Å². The number of benzene rings is 4. The van der Waals surface area contributed by atoms with Crippen molar-refractivity contribution in [2.75, 3.05) is 0 Å². The van der Waals surface area contributed by atoms with Crippen molar-refractivity contribution in [3.05, 3.63) is 95.6 Å². The Hall–Kier alpha value is -3.13. The molecular formula is C24H20O2. The predicted molar refractivity (Wildman–Crippen MR) is 107 cm³/mol. The van der Waals surface area contributed by atoms with E-state index in [1.165, 1.54) is 32.7 Å². The molecule has 1 N–H and O–H groups in total. The van der Waals surface area contributed by atoms with Crippen molar-refractivity contribution in [1.29, 1.82) is 0 Å². The van der Waals surface area contributed by atoms with Gasteiger partial charge in [0.2, 0.25) is 0 Å². The zero-order chi connectivity index (χ0) is 17.9. The maximum atomic E-state index is 11.1. The minimum Gasteiger partial charge on any atom is -0.481 e. The highest BCUT2D eigenvalue weighted by Gasteiger charge is 2.12. The Morgan fingerprint density at radius 1 is 0.808 bits per heavy atom. The summed E-state index contributed by atoms with van der Waals surface area (Å²) in [4.78, 5) is 11.1. The average Bonchev–Trinajstić information content (AvgIpc) is 2.66. The Morgan fingerprint density at radius 3 is 2.35 bits per heavy atom. The Balaban J connectivity index is 1.97. The molecule has 0 spiro atoms. The molecule has 128 valence electrons. The fraction of sp³-hybridized carbons (Fsp3) is 0.125.